The lowest BCUT2D eigenvalue weighted by atomic mass is 10.3. The monoisotopic (exact) mass is 148 g/mol. The van der Waals surface area contributed by atoms with Crippen molar-refractivity contribution in [3.05, 3.63) is 12.2 Å². The van der Waals surface area contributed by atoms with Gasteiger partial charge in [-0.15, -0.1) is 0 Å². The second-order valence-electron chi connectivity index (χ2n) is 1.50. The molecule has 0 aromatic heterocycles. The Balaban J connectivity index is 2.83. The molecule has 0 aromatic rings. The van der Waals surface area contributed by atoms with Crippen LogP contribution >= 0.6 is 25.3 Å². The molecule has 0 bridgehead atoms. The number of thiol groups is 2. The van der Waals surface area contributed by atoms with E-state index in [-0.39, 0.29) is 0 Å². The molecule has 0 aromatic carbocycles. The van der Waals surface area contributed by atoms with Crippen LogP contribution in [0.4, 0.5) is 0 Å². The predicted octanol–water partition coefficient (Wildman–Crippen LogP) is 2.18. The van der Waals surface area contributed by atoms with Crippen molar-refractivity contribution in [1.29, 1.82) is 0 Å². The minimum absolute atomic E-state index is 0.947. The number of hydrogen-bond acceptors (Lipinski definition) is 2. The second-order valence-corrected chi connectivity index (χ2v) is 2.39. The SMILES string of the molecule is SCCC=CCCS. The molecule has 0 saturated carbocycles. The highest BCUT2D eigenvalue weighted by molar-refractivity contribution is 7.80. The Kier molecular flexibility index (Phi) is 7.85. The van der Waals surface area contributed by atoms with E-state index in [1.54, 1.807) is 0 Å². The van der Waals surface area contributed by atoms with Crippen LogP contribution in [0.1, 0.15) is 12.8 Å². The third-order valence-electron chi connectivity index (χ3n) is 0.758. The standard InChI is InChI=1S/C6H12S2/c7-5-3-1-2-4-6-8/h1-2,7-8H,3-6H2. The Morgan fingerprint density at radius 2 is 1.25 bits per heavy atom. The van der Waals surface area contributed by atoms with Gasteiger partial charge in [0.15, 0.2) is 0 Å². The van der Waals surface area contributed by atoms with Crippen LogP contribution in [0.25, 0.3) is 0 Å². The first-order valence-electron chi connectivity index (χ1n) is 2.78. The van der Waals surface area contributed by atoms with Crippen molar-refractivity contribution in [1.82, 2.24) is 0 Å². The number of rotatable bonds is 4. The van der Waals surface area contributed by atoms with Crippen LogP contribution in [-0.4, -0.2) is 11.5 Å². The molecular weight excluding hydrogens is 136 g/mol. The second kappa shape index (κ2) is 7.44. The molecule has 0 atom stereocenters. The summed E-state index contributed by atoms with van der Waals surface area (Å²) in [5.74, 6) is 1.89. The van der Waals surface area contributed by atoms with Gasteiger partial charge in [0.1, 0.15) is 0 Å². The highest BCUT2D eigenvalue weighted by Crippen LogP contribution is 1.90. The zero-order chi connectivity index (χ0) is 6.24. The Hall–Kier alpha value is 0.440. The van der Waals surface area contributed by atoms with E-state index in [4.69, 9.17) is 0 Å². The summed E-state index contributed by atoms with van der Waals surface area (Å²) in [5.41, 5.74) is 0. The summed E-state index contributed by atoms with van der Waals surface area (Å²) in [5, 5.41) is 0. The Bertz CT molecular complexity index is 51.5. The molecular formula is C6H12S2. The van der Waals surface area contributed by atoms with Crippen molar-refractivity contribution >= 4 is 25.3 Å². The lowest BCUT2D eigenvalue weighted by molar-refractivity contribution is 1.18. The molecule has 0 fully saturated rings. The summed E-state index contributed by atoms with van der Waals surface area (Å²) in [6.07, 6.45) is 6.44. The molecule has 0 aliphatic heterocycles. The molecule has 0 rings (SSSR count). The van der Waals surface area contributed by atoms with Crippen LogP contribution in [0.5, 0.6) is 0 Å². The van der Waals surface area contributed by atoms with Gasteiger partial charge < -0.3 is 0 Å². The highest BCUT2D eigenvalue weighted by atomic mass is 32.1. The maximum atomic E-state index is 4.05. The summed E-state index contributed by atoms with van der Waals surface area (Å²) in [6.45, 7) is 0. The summed E-state index contributed by atoms with van der Waals surface area (Å²) in [4.78, 5) is 0. The Morgan fingerprint density at radius 1 is 0.875 bits per heavy atom. The maximum absolute atomic E-state index is 4.05. The average Bonchev–Trinajstić information content (AvgIpc) is 1.81. The molecule has 0 saturated heterocycles. The van der Waals surface area contributed by atoms with Crippen LogP contribution in [-0.2, 0) is 0 Å². The predicted molar refractivity (Wildman–Crippen MR) is 46.1 cm³/mol. The lowest BCUT2D eigenvalue weighted by Crippen LogP contribution is -1.69. The molecule has 0 N–H and O–H groups in total. The van der Waals surface area contributed by atoms with Gasteiger partial charge in [-0.3, -0.25) is 0 Å². The van der Waals surface area contributed by atoms with Crippen molar-refractivity contribution < 1.29 is 0 Å². The molecule has 0 spiro atoms. The molecule has 0 amide bonds. The quantitative estimate of drug-likeness (QED) is 0.443. The summed E-state index contributed by atoms with van der Waals surface area (Å²) in [6, 6.07) is 0. The third kappa shape index (κ3) is 6.44. The fourth-order valence-electron chi connectivity index (χ4n) is 0.385. The van der Waals surface area contributed by atoms with Gasteiger partial charge in [0.2, 0.25) is 0 Å². The van der Waals surface area contributed by atoms with Crippen molar-refractivity contribution in [2.75, 3.05) is 11.5 Å². The topological polar surface area (TPSA) is 0 Å². The van der Waals surface area contributed by atoms with E-state index < -0.39 is 0 Å². The van der Waals surface area contributed by atoms with Crippen molar-refractivity contribution in [2.45, 2.75) is 12.8 Å². The summed E-state index contributed by atoms with van der Waals surface area (Å²) >= 11 is 8.10. The van der Waals surface area contributed by atoms with Crippen LogP contribution < -0.4 is 0 Å². The average molecular weight is 148 g/mol. The van der Waals surface area contributed by atoms with Gasteiger partial charge in [-0.1, -0.05) is 12.2 Å². The fraction of sp³-hybridized carbons (Fsp3) is 0.667. The first kappa shape index (κ1) is 8.44. The molecule has 8 heavy (non-hydrogen) atoms. The van der Waals surface area contributed by atoms with Gasteiger partial charge in [0, 0.05) is 0 Å². The van der Waals surface area contributed by atoms with E-state index in [0.717, 1.165) is 24.3 Å². The van der Waals surface area contributed by atoms with E-state index >= 15 is 0 Å². The maximum Gasteiger partial charge on any atom is -0.00633 e. The molecule has 0 radical (unpaired) electrons. The highest BCUT2D eigenvalue weighted by Gasteiger charge is 1.72. The smallest absolute Gasteiger partial charge is 0.00633 e. The Labute approximate surface area is 62.2 Å². The molecule has 0 heterocycles. The van der Waals surface area contributed by atoms with Gasteiger partial charge in [-0.05, 0) is 24.3 Å². The zero-order valence-corrected chi connectivity index (χ0v) is 6.67. The first-order chi connectivity index (χ1) is 3.91. The van der Waals surface area contributed by atoms with E-state index in [1.165, 1.54) is 0 Å². The van der Waals surface area contributed by atoms with E-state index in [9.17, 15) is 0 Å². The minimum atomic E-state index is 0.947. The van der Waals surface area contributed by atoms with E-state index in [1.807, 2.05) is 0 Å². The molecule has 0 nitrogen and oxygen atoms in total. The van der Waals surface area contributed by atoms with Crippen LogP contribution in [0.3, 0.4) is 0 Å². The summed E-state index contributed by atoms with van der Waals surface area (Å²) in [7, 11) is 0. The lowest BCUT2D eigenvalue weighted by Gasteiger charge is -1.82. The van der Waals surface area contributed by atoms with Crippen molar-refractivity contribution in [2.24, 2.45) is 0 Å². The molecule has 0 aliphatic rings. The zero-order valence-electron chi connectivity index (χ0n) is 4.88. The molecule has 2 heteroatoms. The third-order valence-corrected chi connectivity index (χ3v) is 1.27. The van der Waals surface area contributed by atoms with Crippen LogP contribution in [0.2, 0.25) is 0 Å². The van der Waals surface area contributed by atoms with Gasteiger partial charge in [-0.2, -0.15) is 25.3 Å². The van der Waals surface area contributed by atoms with Crippen molar-refractivity contribution in [3.63, 3.8) is 0 Å². The minimum Gasteiger partial charge on any atom is -0.179 e. The molecule has 48 valence electrons. The van der Waals surface area contributed by atoms with Crippen LogP contribution in [0.15, 0.2) is 12.2 Å². The van der Waals surface area contributed by atoms with Gasteiger partial charge in [0.05, 0.1) is 0 Å². The van der Waals surface area contributed by atoms with Gasteiger partial charge in [0.25, 0.3) is 0 Å². The van der Waals surface area contributed by atoms with Crippen LogP contribution in [0, 0.1) is 0 Å². The first-order valence-corrected chi connectivity index (χ1v) is 4.05. The number of allylic oxidation sites excluding steroid dienone is 2. The van der Waals surface area contributed by atoms with E-state index in [2.05, 4.69) is 37.4 Å². The van der Waals surface area contributed by atoms with E-state index in [0.29, 0.717) is 0 Å². The largest absolute Gasteiger partial charge is 0.179 e. The van der Waals surface area contributed by atoms with Gasteiger partial charge >= 0.3 is 0 Å². The summed E-state index contributed by atoms with van der Waals surface area (Å²) < 4.78 is 0. The normalized spacial score (nSPS) is 10.8. The molecule has 0 aliphatic carbocycles. The Morgan fingerprint density at radius 3 is 1.50 bits per heavy atom. The van der Waals surface area contributed by atoms with Crippen molar-refractivity contribution in [3.8, 4) is 0 Å². The van der Waals surface area contributed by atoms with Gasteiger partial charge in [-0.25, -0.2) is 0 Å². The fourth-order valence-corrected chi connectivity index (χ4v) is 0.683. The number of hydrogen-bond donors (Lipinski definition) is 2. The molecule has 0 unspecified atom stereocenters.